The fourth-order valence-corrected chi connectivity index (χ4v) is 3.56. The number of carbonyl (C=O) groups excluding carboxylic acids is 1. The van der Waals surface area contributed by atoms with Crippen LogP contribution in [0.5, 0.6) is 0 Å². The number of hydrazine groups is 1. The summed E-state index contributed by atoms with van der Waals surface area (Å²) in [5, 5.41) is 7.21. The van der Waals surface area contributed by atoms with Crippen LogP contribution in [0.4, 0.5) is 0 Å². The van der Waals surface area contributed by atoms with Gasteiger partial charge in [-0.05, 0) is 48.7 Å². The Morgan fingerprint density at radius 1 is 1.18 bits per heavy atom. The molecular formula is C20H21BrN6O. The third-order valence-electron chi connectivity index (χ3n) is 4.93. The maximum absolute atomic E-state index is 12.7. The van der Waals surface area contributed by atoms with Gasteiger partial charge in [0.05, 0.1) is 11.7 Å². The van der Waals surface area contributed by atoms with E-state index in [1.165, 1.54) is 6.33 Å². The van der Waals surface area contributed by atoms with Gasteiger partial charge in [-0.15, -0.1) is 0 Å². The molecule has 8 heteroatoms. The number of benzene rings is 2. The van der Waals surface area contributed by atoms with Crippen molar-refractivity contribution < 1.29 is 4.79 Å². The maximum atomic E-state index is 12.7. The summed E-state index contributed by atoms with van der Waals surface area (Å²) in [6, 6.07) is 15.8. The Balaban J connectivity index is 1.35. The zero-order valence-electron chi connectivity index (χ0n) is 15.3. The third kappa shape index (κ3) is 4.14. The van der Waals surface area contributed by atoms with Gasteiger partial charge >= 0.3 is 0 Å². The summed E-state index contributed by atoms with van der Waals surface area (Å²) in [5.41, 5.74) is 9.45. The van der Waals surface area contributed by atoms with Crippen LogP contribution in [0.2, 0.25) is 0 Å². The number of carbonyl (C=O) groups is 1. The highest BCUT2D eigenvalue weighted by Crippen LogP contribution is 2.24. The molecule has 1 fully saturated rings. The van der Waals surface area contributed by atoms with E-state index in [0.29, 0.717) is 6.42 Å². The highest BCUT2D eigenvalue weighted by molar-refractivity contribution is 9.10. The molecule has 28 heavy (non-hydrogen) atoms. The van der Waals surface area contributed by atoms with Crippen molar-refractivity contribution in [3.05, 3.63) is 76.8 Å². The summed E-state index contributed by atoms with van der Waals surface area (Å²) in [6.07, 6.45) is 3.85. The van der Waals surface area contributed by atoms with Crippen LogP contribution in [0.1, 0.15) is 36.6 Å². The van der Waals surface area contributed by atoms with Gasteiger partial charge in [-0.2, -0.15) is 5.10 Å². The van der Waals surface area contributed by atoms with Crippen LogP contribution in [0.15, 0.2) is 65.7 Å². The normalized spacial score (nSPS) is 20.1. The lowest BCUT2D eigenvalue weighted by Crippen LogP contribution is -2.43. The standard InChI is InChI=1S/C20H21BrN6O/c1-13(14-4-8-17(9-5-14)27-12-22-11-23-27)24-20(28)19-10-18(25-26-19)15-2-6-16(21)7-3-15/h2-9,11-13,18-19,25-26H,10H2,1H3,(H,24,28). The van der Waals surface area contributed by atoms with Crippen LogP contribution >= 0.6 is 15.9 Å². The molecule has 1 aromatic heterocycles. The number of aromatic nitrogens is 3. The smallest absolute Gasteiger partial charge is 0.239 e. The average molecular weight is 441 g/mol. The van der Waals surface area contributed by atoms with E-state index < -0.39 is 0 Å². The Morgan fingerprint density at radius 2 is 1.93 bits per heavy atom. The molecule has 0 spiro atoms. The van der Waals surface area contributed by atoms with E-state index in [2.05, 4.69) is 54.3 Å². The molecule has 7 nitrogen and oxygen atoms in total. The lowest BCUT2D eigenvalue weighted by atomic mass is 10.0. The molecule has 4 rings (SSSR count). The van der Waals surface area contributed by atoms with Crippen molar-refractivity contribution in [2.24, 2.45) is 0 Å². The first-order valence-electron chi connectivity index (χ1n) is 9.12. The molecule has 3 atom stereocenters. The largest absolute Gasteiger partial charge is 0.348 e. The minimum atomic E-state index is -0.273. The van der Waals surface area contributed by atoms with E-state index >= 15 is 0 Å². The molecule has 3 unspecified atom stereocenters. The van der Waals surface area contributed by atoms with Crippen LogP contribution in [0.3, 0.4) is 0 Å². The number of hydrogen-bond donors (Lipinski definition) is 3. The topological polar surface area (TPSA) is 83.9 Å². The van der Waals surface area contributed by atoms with E-state index in [1.54, 1.807) is 11.0 Å². The quantitative estimate of drug-likeness (QED) is 0.567. The van der Waals surface area contributed by atoms with Crippen molar-refractivity contribution >= 4 is 21.8 Å². The average Bonchev–Trinajstić information content (AvgIpc) is 3.41. The molecular weight excluding hydrogens is 420 g/mol. The van der Waals surface area contributed by atoms with Gasteiger partial charge in [-0.1, -0.05) is 40.2 Å². The molecule has 1 saturated heterocycles. The molecule has 0 saturated carbocycles. The van der Waals surface area contributed by atoms with E-state index in [0.717, 1.165) is 21.3 Å². The van der Waals surface area contributed by atoms with Gasteiger partial charge in [0.1, 0.15) is 18.7 Å². The Kier molecular flexibility index (Phi) is 5.52. The molecule has 0 radical (unpaired) electrons. The number of nitrogens with one attached hydrogen (secondary N) is 3. The summed E-state index contributed by atoms with van der Waals surface area (Å²) in [7, 11) is 0. The number of amides is 1. The Hall–Kier alpha value is -2.55. The fraction of sp³-hybridized carbons (Fsp3) is 0.250. The molecule has 0 aliphatic carbocycles. The summed E-state index contributed by atoms with van der Waals surface area (Å²) >= 11 is 3.45. The van der Waals surface area contributed by atoms with Crippen molar-refractivity contribution in [1.82, 2.24) is 30.9 Å². The van der Waals surface area contributed by atoms with Crippen molar-refractivity contribution in [2.45, 2.75) is 31.5 Å². The molecule has 3 N–H and O–H groups in total. The third-order valence-corrected chi connectivity index (χ3v) is 5.46. The summed E-state index contributed by atoms with van der Waals surface area (Å²) in [6.45, 7) is 1.98. The minimum Gasteiger partial charge on any atom is -0.348 e. The van der Waals surface area contributed by atoms with Gasteiger partial charge in [-0.3, -0.25) is 4.79 Å². The Labute approximate surface area is 171 Å². The van der Waals surface area contributed by atoms with Crippen molar-refractivity contribution in [3.63, 3.8) is 0 Å². The highest BCUT2D eigenvalue weighted by atomic mass is 79.9. The predicted molar refractivity (Wildman–Crippen MR) is 109 cm³/mol. The second-order valence-corrected chi connectivity index (χ2v) is 7.76. The van der Waals surface area contributed by atoms with Gasteiger partial charge < -0.3 is 5.32 Å². The lowest BCUT2D eigenvalue weighted by Gasteiger charge is -2.17. The first-order chi connectivity index (χ1) is 13.6. The highest BCUT2D eigenvalue weighted by Gasteiger charge is 2.30. The molecule has 2 aromatic carbocycles. The van der Waals surface area contributed by atoms with Crippen molar-refractivity contribution in [2.75, 3.05) is 0 Å². The Morgan fingerprint density at radius 3 is 2.61 bits per heavy atom. The van der Waals surface area contributed by atoms with Crippen LogP contribution in [0, 0.1) is 0 Å². The van der Waals surface area contributed by atoms with Crippen molar-refractivity contribution in [3.8, 4) is 5.69 Å². The van der Waals surface area contributed by atoms with Gasteiger partial charge in [0.15, 0.2) is 0 Å². The van der Waals surface area contributed by atoms with Crippen LogP contribution in [0.25, 0.3) is 5.69 Å². The van der Waals surface area contributed by atoms with Crippen LogP contribution < -0.4 is 16.2 Å². The van der Waals surface area contributed by atoms with Gasteiger partial charge in [0.2, 0.25) is 5.91 Å². The number of nitrogens with zero attached hydrogens (tertiary/aromatic N) is 3. The molecule has 0 bridgehead atoms. The van der Waals surface area contributed by atoms with Gasteiger partial charge in [0.25, 0.3) is 0 Å². The fourth-order valence-electron chi connectivity index (χ4n) is 3.30. The van der Waals surface area contributed by atoms with E-state index in [-0.39, 0.29) is 24.0 Å². The maximum Gasteiger partial charge on any atom is 0.239 e. The number of hydrogen-bond acceptors (Lipinski definition) is 5. The zero-order valence-corrected chi connectivity index (χ0v) is 16.9. The summed E-state index contributed by atoms with van der Waals surface area (Å²) < 4.78 is 2.74. The first kappa shape index (κ1) is 18.8. The molecule has 144 valence electrons. The van der Waals surface area contributed by atoms with E-state index in [9.17, 15) is 4.79 Å². The Bertz CT molecular complexity index is 926. The van der Waals surface area contributed by atoms with Crippen molar-refractivity contribution in [1.29, 1.82) is 0 Å². The molecule has 1 aliphatic rings. The summed E-state index contributed by atoms with van der Waals surface area (Å²) in [4.78, 5) is 16.6. The summed E-state index contributed by atoms with van der Waals surface area (Å²) in [5.74, 6) is -0.0139. The van der Waals surface area contributed by atoms with E-state index in [1.807, 2.05) is 43.3 Å². The molecule has 3 aromatic rings. The lowest BCUT2D eigenvalue weighted by molar-refractivity contribution is -0.123. The van der Waals surface area contributed by atoms with Gasteiger partial charge in [0, 0.05) is 10.5 Å². The van der Waals surface area contributed by atoms with Crippen LogP contribution in [-0.4, -0.2) is 26.7 Å². The van der Waals surface area contributed by atoms with Crippen LogP contribution in [-0.2, 0) is 4.79 Å². The van der Waals surface area contributed by atoms with Gasteiger partial charge in [-0.25, -0.2) is 20.5 Å². The minimum absolute atomic E-state index is 0.0139. The number of rotatable bonds is 5. The second-order valence-electron chi connectivity index (χ2n) is 6.84. The first-order valence-corrected chi connectivity index (χ1v) is 9.91. The second kappa shape index (κ2) is 8.22. The zero-order chi connectivity index (χ0) is 19.5. The molecule has 2 heterocycles. The predicted octanol–water partition coefficient (Wildman–Crippen LogP) is 2.81. The SMILES string of the molecule is CC(NC(=O)C1CC(c2ccc(Br)cc2)NN1)c1ccc(-n2cncn2)cc1. The number of halogens is 1. The monoisotopic (exact) mass is 440 g/mol. The molecule has 1 amide bonds. The molecule has 1 aliphatic heterocycles. The van der Waals surface area contributed by atoms with E-state index in [4.69, 9.17) is 0 Å².